The van der Waals surface area contributed by atoms with Crippen LogP contribution >= 0.6 is 0 Å². The Kier molecular flexibility index (Phi) is 5.40. The lowest BCUT2D eigenvalue weighted by Gasteiger charge is -2.10. The molecule has 0 atom stereocenters. The SMILES string of the molecule is Cc1ccc(F)cc1NCCCOCC(F)(F)F. The largest absolute Gasteiger partial charge is 0.411 e. The van der Waals surface area contributed by atoms with Crippen LogP contribution in [0.2, 0.25) is 0 Å². The van der Waals surface area contributed by atoms with Crippen molar-refractivity contribution in [1.82, 2.24) is 0 Å². The Balaban J connectivity index is 2.20. The Labute approximate surface area is 103 Å². The van der Waals surface area contributed by atoms with Gasteiger partial charge in [-0.3, -0.25) is 0 Å². The third-order valence-electron chi connectivity index (χ3n) is 2.25. The van der Waals surface area contributed by atoms with Crippen LogP contribution in [0.25, 0.3) is 0 Å². The van der Waals surface area contributed by atoms with E-state index in [0.29, 0.717) is 18.7 Å². The Morgan fingerprint density at radius 2 is 2.00 bits per heavy atom. The van der Waals surface area contributed by atoms with Gasteiger partial charge >= 0.3 is 6.18 Å². The smallest absolute Gasteiger partial charge is 0.385 e. The quantitative estimate of drug-likeness (QED) is 0.627. The molecule has 1 N–H and O–H groups in total. The second-order valence-corrected chi connectivity index (χ2v) is 3.91. The second-order valence-electron chi connectivity index (χ2n) is 3.91. The van der Waals surface area contributed by atoms with Gasteiger partial charge in [0.25, 0.3) is 0 Å². The first-order chi connectivity index (χ1) is 8.38. The topological polar surface area (TPSA) is 21.3 Å². The molecule has 18 heavy (non-hydrogen) atoms. The lowest BCUT2D eigenvalue weighted by atomic mass is 10.2. The molecule has 0 fully saturated rings. The summed E-state index contributed by atoms with van der Waals surface area (Å²) in [5.74, 6) is -0.351. The number of ether oxygens (including phenoxy) is 1. The van der Waals surface area contributed by atoms with Crippen LogP contribution in [0, 0.1) is 12.7 Å². The third-order valence-corrected chi connectivity index (χ3v) is 2.25. The molecule has 0 aliphatic heterocycles. The average molecular weight is 265 g/mol. The van der Waals surface area contributed by atoms with Gasteiger partial charge in [-0.15, -0.1) is 0 Å². The van der Waals surface area contributed by atoms with E-state index in [0.717, 1.165) is 5.56 Å². The van der Waals surface area contributed by atoms with Gasteiger partial charge < -0.3 is 10.1 Å². The normalized spacial score (nSPS) is 11.6. The summed E-state index contributed by atoms with van der Waals surface area (Å²) < 4.78 is 52.6. The first-order valence-electron chi connectivity index (χ1n) is 5.53. The molecule has 1 rings (SSSR count). The van der Waals surface area contributed by atoms with Crippen molar-refractivity contribution in [3.8, 4) is 0 Å². The number of alkyl halides is 3. The van der Waals surface area contributed by atoms with Gasteiger partial charge in [0.15, 0.2) is 0 Å². The summed E-state index contributed by atoms with van der Waals surface area (Å²) in [4.78, 5) is 0. The van der Waals surface area contributed by atoms with Gasteiger partial charge in [-0.25, -0.2) is 4.39 Å². The minimum atomic E-state index is -4.29. The average Bonchev–Trinajstić information content (AvgIpc) is 2.26. The molecule has 2 nitrogen and oxygen atoms in total. The molecule has 1 aromatic carbocycles. The van der Waals surface area contributed by atoms with E-state index < -0.39 is 12.8 Å². The maximum atomic E-state index is 12.9. The predicted molar refractivity (Wildman–Crippen MR) is 61.1 cm³/mol. The summed E-state index contributed by atoms with van der Waals surface area (Å²) in [5.41, 5.74) is 1.53. The Morgan fingerprint density at radius 3 is 2.67 bits per heavy atom. The molecule has 0 saturated carbocycles. The van der Waals surface area contributed by atoms with Crippen LogP contribution in [-0.4, -0.2) is 25.9 Å². The zero-order valence-electron chi connectivity index (χ0n) is 9.98. The molecule has 0 aromatic heterocycles. The minimum Gasteiger partial charge on any atom is -0.385 e. The number of halogens is 4. The highest BCUT2D eigenvalue weighted by molar-refractivity contribution is 5.50. The van der Waals surface area contributed by atoms with Crippen LogP contribution in [0.15, 0.2) is 18.2 Å². The Bertz CT molecular complexity index is 379. The lowest BCUT2D eigenvalue weighted by Crippen LogP contribution is -2.18. The van der Waals surface area contributed by atoms with Crippen LogP contribution in [0.1, 0.15) is 12.0 Å². The lowest BCUT2D eigenvalue weighted by molar-refractivity contribution is -0.173. The summed E-state index contributed by atoms with van der Waals surface area (Å²) >= 11 is 0. The van der Waals surface area contributed by atoms with Crippen molar-refractivity contribution in [2.45, 2.75) is 19.5 Å². The van der Waals surface area contributed by atoms with Crippen molar-refractivity contribution in [2.24, 2.45) is 0 Å². The van der Waals surface area contributed by atoms with Crippen molar-refractivity contribution < 1.29 is 22.3 Å². The van der Waals surface area contributed by atoms with E-state index in [2.05, 4.69) is 10.1 Å². The molecule has 0 bridgehead atoms. The number of rotatable bonds is 6. The van der Waals surface area contributed by atoms with Gasteiger partial charge in [0.05, 0.1) is 0 Å². The number of benzene rings is 1. The number of hydrogen-bond acceptors (Lipinski definition) is 2. The molecule has 0 unspecified atom stereocenters. The molecular weight excluding hydrogens is 250 g/mol. The highest BCUT2D eigenvalue weighted by Crippen LogP contribution is 2.16. The maximum Gasteiger partial charge on any atom is 0.411 e. The predicted octanol–water partition coefficient (Wildman–Crippen LogP) is 3.52. The van der Waals surface area contributed by atoms with Gasteiger partial charge in [0.1, 0.15) is 12.4 Å². The van der Waals surface area contributed by atoms with Crippen molar-refractivity contribution in [3.05, 3.63) is 29.6 Å². The summed E-state index contributed by atoms with van der Waals surface area (Å²) in [7, 11) is 0. The van der Waals surface area contributed by atoms with Gasteiger partial charge in [-0.05, 0) is 31.0 Å². The zero-order chi connectivity index (χ0) is 13.6. The molecule has 0 heterocycles. The van der Waals surface area contributed by atoms with Crippen molar-refractivity contribution in [3.63, 3.8) is 0 Å². The monoisotopic (exact) mass is 265 g/mol. The van der Waals surface area contributed by atoms with Crippen LogP contribution in [0.4, 0.5) is 23.2 Å². The molecule has 1 aromatic rings. The summed E-state index contributed by atoms with van der Waals surface area (Å²) in [6.45, 7) is 1.04. The number of hydrogen-bond donors (Lipinski definition) is 1. The van der Waals surface area contributed by atoms with Crippen LogP contribution < -0.4 is 5.32 Å². The number of nitrogens with one attached hydrogen (secondary N) is 1. The molecule has 6 heteroatoms. The first kappa shape index (κ1) is 14.8. The molecule has 102 valence electrons. The van der Waals surface area contributed by atoms with Crippen molar-refractivity contribution in [1.29, 1.82) is 0 Å². The van der Waals surface area contributed by atoms with Crippen LogP contribution in [0.3, 0.4) is 0 Å². The minimum absolute atomic E-state index is 0.0148. The molecule has 0 amide bonds. The fraction of sp³-hybridized carbons (Fsp3) is 0.500. The Morgan fingerprint density at radius 1 is 1.28 bits per heavy atom. The summed E-state index contributed by atoms with van der Waals surface area (Å²) in [5, 5.41) is 2.95. The molecule has 0 saturated heterocycles. The molecular formula is C12H15F4NO. The van der Waals surface area contributed by atoms with E-state index in [1.54, 1.807) is 6.07 Å². The zero-order valence-corrected chi connectivity index (χ0v) is 9.98. The van der Waals surface area contributed by atoms with E-state index in [1.165, 1.54) is 12.1 Å². The van der Waals surface area contributed by atoms with Crippen molar-refractivity contribution >= 4 is 5.69 Å². The Hall–Kier alpha value is -1.30. The fourth-order valence-electron chi connectivity index (χ4n) is 1.37. The molecule has 0 spiro atoms. The molecule has 0 aliphatic carbocycles. The first-order valence-corrected chi connectivity index (χ1v) is 5.53. The second kappa shape index (κ2) is 6.58. The van der Waals surface area contributed by atoms with Crippen LogP contribution in [-0.2, 0) is 4.74 Å². The van der Waals surface area contributed by atoms with E-state index in [1.807, 2.05) is 6.92 Å². The van der Waals surface area contributed by atoms with Gasteiger partial charge in [0, 0.05) is 18.8 Å². The van der Waals surface area contributed by atoms with Gasteiger partial charge in [-0.2, -0.15) is 13.2 Å². The van der Waals surface area contributed by atoms with E-state index in [4.69, 9.17) is 0 Å². The van der Waals surface area contributed by atoms with Crippen LogP contribution in [0.5, 0.6) is 0 Å². The fourth-order valence-corrected chi connectivity index (χ4v) is 1.37. The molecule has 0 radical (unpaired) electrons. The number of aryl methyl sites for hydroxylation is 1. The van der Waals surface area contributed by atoms with E-state index >= 15 is 0 Å². The standard InChI is InChI=1S/C12H15F4NO/c1-9-3-4-10(13)7-11(9)17-5-2-6-18-8-12(14,15)16/h3-4,7,17H,2,5-6,8H2,1H3. The summed E-state index contributed by atoms with van der Waals surface area (Å²) in [6, 6.07) is 4.34. The summed E-state index contributed by atoms with van der Waals surface area (Å²) in [6.07, 6.45) is -3.86. The number of anilines is 1. The van der Waals surface area contributed by atoms with Gasteiger partial charge in [0.2, 0.25) is 0 Å². The van der Waals surface area contributed by atoms with Crippen molar-refractivity contribution in [2.75, 3.05) is 25.1 Å². The van der Waals surface area contributed by atoms with Gasteiger partial charge in [-0.1, -0.05) is 6.07 Å². The third kappa shape index (κ3) is 5.86. The highest BCUT2D eigenvalue weighted by atomic mass is 19.4. The van der Waals surface area contributed by atoms with E-state index in [9.17, 15) is 17.6 Å². The molecule has 0 aliphatic rings. The highest BCUT2D eigenvalue weighted by Gasteiger charge is 2.27. The maximum absolute atomic E-state index is 12.9. The van der Waals surface area contributed by atoms with E-state index in [-0.39, 0.29) is 12.4 Å².